The van der Waals surface area contributed by atoms with Gasteiger partial charge in [-0.1, -0.05) is 6.92 Å². The molecule has 7 heteroatoms. The predicted molar refractivity (Wildman–Crippen MR) is 76.5 cm³/mol. The predicted octanol–water partition coefficient (Wildman–Crippen LogP) is 3.70. The maximum absolute atomic E-state index is 13.0. The van der Waals surface area contributed by atoms with Gasteiger partial charge in [0.1, 0.15) is 11.6 Å². The highest BCUT2D eigenvalue weighted by Crippen LogP contribution is 2.31. The maximum Gasteiger partial charge on any atom is 0.451 e. The van der Waals surface area contributed by atoms with Crippen LogP contribution in [0.3, 0.4) is 0 Å². The molecule has 1 atom stereocenters. The molecule has 0 bridgehead atoms. The summed E-state index contributed by atoms with van der Waals surface area (Å²) in [6, 6.07) is 1.87. The highest BCUT2D eigenvalue weighted by atomic mass is 19.4. The third kappa shape index (κ3) is 3.77. The molecule has 1 saturated heterocycles. The van der Waals surface area contributed by atoms with E-state index >= 15 is 0 Å². The van der Waals surface area contributed by atoms with E-state index in [1.165, 1.54) is 0 Å². The van der Waals surface area contributed by atoms with E-state index in [0.29, 0.717) is 12.4 Å². The van der Waals surface area contributed by atoms with Crippen molar-refractivity contribution >= 4 is 11.6 Å². The molecule has 0 aromatic carbocycles. The van der Waals surface area contributed by atoms with E-state index in [2.05, 4.69) is 22.2 Å². The molecule has 1 aliphatic heterocycles. The second kappa shape index (κ2) is 6.49. The van der Waals surface area contributed by atoms with E-state index in [-0.39, 0.29) is 11.9 Å². The highest BCUT2D eigenvalue weighted by molar-refractivity contribution is 5.50. The Morgan fingerprint density at radius 3 is 2.67 bits per heavy atom. The number of nitrogens with one attached hydrogen (secondary N) is 1. The minimum atomic E-state index is -4.53. The van der Waals surface area contributed by atoms with Crippen molar-refractivity contribution in [3.8, 4) is 0 Å². The maximum atomic E-state index is 13.0. The third-order valence-electron chi connectivity index (χ3n) is 3.72. The second-order valence-corrected chi connectivity index (χ2v) is 5.21. The summed E-state index contributed by atoms with van der Waals surface area (Å²) in [6.45, 7) is 5.15. The molecule has 1 fully saturated rings. The quantitative estimate of drug-likeness (QED) is 0.921. The highest BCUT2D eigenvalue weighted by Gasteiger charge is 2.36. The minimum absolute atomic E-state index is 0.232. The van der Waals surface area contributed by atoms with Crippen LogP contribution in [0.4, 0.5) is 24.8 Å². The van der Waals surface area contributed by atoms with Crippen LogP contribution in [0, 0.1) is 0 Å². The zero-order valence-corrected chi connectivity index (χ0v) is 12.4. The van der Waals surface area contributed by atoms with Crippen molar-refractivity contribution in [2.24, 2.45) is 0 Å². The molecule has 1 aliphatic rings. The van der Waals surface area contributed by atoms with Gasteiger partial charge in [0.2, 0.25) is 5.82 Å². The Bertz CT molecular complexity index is 476. The number of anilines is 2. The molecule has 118 valence electrons. The molecule has 1 N–H and O–H groups in total. The number of alkyl halides is 3. The van der Waals surface area contributed by atoms with Crippen LogP contribution in [0.25, 0.3) is 0 Å². The van der Waals surface area contributed by atoms with Gasteiger partial charge in [-0.15, -0.1) is 0 Å². The smallest absolute Gasteiger partial charge is 0.370 e. The number of halogens is 3. The lowest BCUT2D eigenvalue weighted by Crippen LogP contribution is -2.40. The van der Waals surface area contributed by atoms with Crippen molar-refractivity contribution in [1.82, 2.24) is 9.97 Å². The number of piperidine rings is 1. The summed E-state index contributed by atoms with van der Waals surface area (Å²) in [7, 11) is 0. The first-order valence-corrected chi connectivity index (χ1v) is 7.42. The summed E-state index contributed by atoms with van der Waals surface area (Å²) in [5.41, 5.74) is 0. The van der Waals surface area contributed by atoms with Crippen molar-refractivity contribution in [1.29, 1.82) is 0 Å². The largest absolute Gasteiger partial charge is 0.451 e. The lowest BCUT2D eigenvalue weighted by atomic mass is 10.00. The Morgan fingerprint density at radius 2 is 2.05 bits per heavy atom. The normalized spacial score (nSPS) is 19.7. The molecule has 0 spiro atoms. The van der Waals surface area contributed by atoms with Crippen molar-refractivity contribution in [2.45, 2.75) is 51.7 Å². The van der Waals surface area contributed by atoms with E-state index in [0.717, 1.165) is 32.2 Å². The van der Waals surface area contributed by atoms with E-state index in [1.54, 1.807) is 6.07 Å². The van der Waals surface area contributed by atoms with Crippen LogP contribution < -0.4 is 10.2 Å². The molecule has 1 aromatic heterocycles. The van der Waals surface area contributed by atoms with Crippen LogP contribution in [-0.2, 0) is 6.18 Å². The first-order valence-electron chi connectivity index (χ1n) is 7.42. The lowest BCUT2D eigenvalue weighted by Gasteiger charge is -2.36. The van der Waals surface area contributed by atoms with Crippen LogP contribution in [0.1, 0.15) is 45.4 Å². The fourth-order valence-corrected chi connectivity index (χ4v) is 2.71. The topological polar surface area (TPSA) is 41.0 Å². The summed E-state index contributed by atoms with van der Waals surface area (Å²) < 4.78 is 38.9. The van der Waals surface area contributed by atoms with Gasteiger partial charge in [-0.25, -0.2) is 9.97 Å². The first-order chi connectivity index (χ1) is 9.95. The molecule has 0 radical (unpaired) electrons. The summed E-state index contributed by atoms with van der Waals surface area (Å²) in [4.78, 5) is 9.31. The first kappa shape index (κ1) is 15.9. The molecule has 21 heavy (non-hydrogen) atoms. The van der Waals surface area contributed by atoms with Gasteiger partial charge < -0.3 is 10.2 Å². The fourth-order valence-electron chi connectivity index (χ4n) is 2.71. The van der Waals surface area contributed by atoms with Gasteiger partial charge in [0.25, 0.3) is 0 Å². The van der Waals surface area contributed by atoms with Gasteiger partial charge in [-0.05, 0) is 32.6 Å². The third-order valence-corrected chi connectivity index (χ3v) is 3.72. The average molecular weight is 302 g/mol. The van der Waals surface area contributed by atoms with Gasteiger partial charge >= 0.3 is 6.18 Å². The average Bonchev–Trinajstić information content (AvgIpc) is 2.46. The van der Waals surface area contributed by atoms with E-state index in [4.69, 9.17) is 0 Å². The van der Waals surface area contributed by atoms with Crippen molar-refractivity contribution in [3.63, 3.8) is 0 Å². The van der Waals surface area contributed by atoms with Gasteiger partial charge in [-0.3, -0.25) is 0 Å². The fraction of sp³-hybridized carbons (Fsp3) is 0.714. The number of hydrogen-bond acceptors (Lipinski definition) is 4. The zero-order valence-electron chi connectivity index (χ0n) is 12.4. The standard InChI is InChI=1S/C14H21F3N4/c1-3-10-7-5-6-8-21(10)12-9-11(18-4-2)19-13(20-12)14(15,16)17/h9-10H,3-8H2,1-2H3,(H,18,19,20). The molecule has 2 heterocycles. The van der Waals surface area contributed by atoms with Gasteiger partial charge in [0.05, 0.1) is 0 Å². The van der Waals surface area contributed by atoms with Crippen molar-refractivity contribution < 1.29 is 13.2 Å². The van der Waals surface area contributed by atoms with Crippen LogP contribution >= 0.6 is 0 Å². The summed E-state index contributed by atoms with van der Waals surface area (Å²) in [6.07, 6.45) is -0.525. The van der Waals surface area contributed by atoms with Gasteiger partial charge in [-0.2, -0.15) is 13.2 Å². The SMILES string of the molecule is CCNc1cc(N2CCCCC2CC)nc(C(F)(F)F)n1. The Morgan fingerprint density at radius 1 is 1.29 bits per heavy atom. The second-order valence-electron chi connectivity index (χ2n) is 5.21. The number of aromatic nitrogens is 2. The molecular weight excluding hydrogens is 281 g/mol. The summed E-state index contributed by atoms with van der Waals surface area (Å²) in [5, 5.41) is 2.85. The molecule has 4 nitrogen and oxygen atoms in total. The van der Waals surface area contributed by atoms with Crippen molar-refractivity contribution in [3.05, 3.63) is 11.9 Å². The molecule has 0 saturated carbocycles. The molecule has 0 amide bonds. The Balaban J connectivity index is 2.38. The zero-order chi connectivity index (χ0) is 15.5. The Kier molecular flexibility index (Phi) is 4.90. The van der Waals surface area contributed by atoms with Gasteiger partial charge in [0.15, 0.2) is 0 Å². The van der Waals surface area contributed by atoms with Crippen LogP contribution in [0.5, 0.6) is 0 Å². The van der Waals surface area contributed by atoms with E-state index in [9.17, 15) is 13.2 Å². The van der Waals surface area contributed by atoms with E-state index in [1.807, 2.05) is 11.8 Å². The monoisotopic (exact) mass is 302 g/mol. The number of hydrogen-bond donors (Lipinski definition) is 1. The van der Waals surface area contributed by atoms with Crippen LogP contribution in [0.15, 0.2) is 6.07 Å². The van der Waals surface area contributed by atoms with Gasteiger partial charge in [0, 0.05) is 25.2 Å². The summed E-state index contributed by atoms with van der Waals surface area (Å²) >= 11 is 0. The number of nitrogens with zero attached hydrogens (tertiary/aromatic N) is 3. The van der Waals surface area contributed by atoms with E-state index < -0.39 is 12.0 Å². The number of rotatable bonds is 4. The Labute approximate surface area is 122 Å². The molecule has 2 rings (SSSR count). The van der Waals surface area contributed by atoms with Crippen molar-refractivity contribution in [2.75, 3.05) is 23.3 Å². The Hall–Kier alpha value is -1.53. The molecular formula is C14H21F3N4. The van der Waals surface area contributed by atoms with Crippen LogP contribution in [-0.4, -0.2) is 29.1 Å². The lowest BCUT2D eigenvalue weighted by molar-refractivity contribution is -0.144. The molecule has 1 unspecified atom stereocenters. The van der Waals surface area contributed by atoms with Crippen LogP contribution in [0.2, 0.25) is 0 Å². The minimum Gasteiger partial charge on any atom is -0.370 e. The summed E-state index contributed by atoms with van der Waals surface area (Å²) in [5.74, 6) is -0.466. The molecule has 0 aliphatic carbocycles. The molecule has 1 aromatic rings.